The summed E-state index contributed by atoms with van der Waals surface area (Å²) in [5.74, 6) is -0.867. The van der Waals surface area contributed by atoms with Crippen molar-refractivity contribution < 1.29 is 14.3 Å². The highest BCUT2D eigenvalue weighted by atomic mass is 35.5. The largest absolute Gasteiger partial charge is 0.459 e. The van der Waals surface area contributed by atoms with Gasteiger partial charge in [0, 0.05) is 15.6 Å². The van der Waals surface area contributed by atoms with E-state index in [4.69, 9.17) is 27.9 Å². The van der Waals surface area contributed by atoms with Crippen molar-refractivity contribution in [3.8, 4) is 0 Å². The highest BCUT2D eigenvalue weighted by Crippen LogP contribution is 2.24. The minimum absolute atomic E-state index is 0.0355. The Morgan fingerprint density at radius 2 is 1.86 bits per heavy atom. The summed E-state index contributed by atoms with van der Waals surface area (Å²) in [5.41, 5.74) is 0.541. The maximum Gasteiger partial charge on any atom is 0.325 e. The molecule has 0 aliphatic rings. The van der Waals surface area contributed by atoms with Crippen LogP contribution in [0.5, 0.6) is 0 Å². The van der Waals surface area contributed by atoms with E-state index in [2.05, 4.69) is 5.32 Å². The molecular formula is C14H11Cl2NO3S. The SMILES string of the molecule is O=C(CNC(=O)c1cccs1)OCc1c(Cl)cccc1Cl. The van der Waals surface area contributed by atoms with Crippen LogP contribution in [0.25, 0.3) is 0 Å². The van der Waals surface area contributed by atoms with Gasteiger partial charge in [0.1, 0.15) is 13.2 Å². The van der Waals surface area contributed by atoms with Crippen LogP contribution in [-0.2, 0) is 16.1 Å². The van der Waals surface area contributed by atoms with Crippen LogP contribution in [0.15, 0.2) is 35.7 Å². The molecule has 0 radical (unpaired) electrons. The predicted octanol–water partition coefficient (Wildman–Crippen LogP) is 3.53. The second kappa shape index (κ2) is 7.45. The summed E-state index contributed by atoms with van der Waals surface area (Å²) in [6, 6.07) is 8.47. The van der Waals surface area contributed by atoms with Gasteiger partial charge in [0.2, 0.25) is 0 Å². The fraction of sp³-hybridized carbons (Fsp3) is 0.143. The molecule has 0 atom stereocenters. The van der Waals surface area contributed by atoms with Crippen LogP contribution in [-0.4, -0.2) is 18.4 Å². The molecule has 0 bridgehead atoms. The lowest BCUT2D eigenvalue weighted by molar-refractivity contribution is -0.143. The van der Waals surface area contributed by atoms with Gasteiger partial charge < -0.3 is 10.1 Å². The molecule has 0 unspecified atom stereocenters. The monoisotopic (exact) mass is 343 g/mol. The number of thiophene rings is 1. The second-order valence-corrected chi connectivity index (χ2v) is 5.78. The molecule has 0 fully saturated rings. The van der Waals surface area contributed by atoms with E-state index in [-0.39, 0.29) is 19.1 Å². The molecule has 1 amide bonds. The van der Waals surface area contributed by atoms with Crippen molar-refractivity contribution in [3.05, 3.63) is 56.2 Å². The first-order valence-electron chi connectivity index (χ1n) is 5.98. The molecule has 4 nitrogen and oxygen atoms in total. The van der Waals surface area contributed by atoms with Crippen molar-refractivity contribution in [1.82, 2.24) is 5.32 Å². The van der Waals surface area contributed by atoms with Crippen molar-refractivity contribution >= 4 is 46.4 Å². The molecule has 7 heteroatoms. The fourth-order valence-corrected chi connectivity index (χ4v) is 2.67. The highest BCUT2D eigenvalue weighted by Gasteiger charge is 2.11. The Bertz CT molecular complexity index is 623. The quantitative estimate of drug-likeness (QED) is 0.845. The third-order valence-corrected chi connectivity index (χ3v) is 4.15. The average Bonchev–Trinajstić information content (AvgIpc) is 2.98. The summed E-state index contributed by atoms with van der Waals surface area (Å²) in [6.45, 7) is -0.245. The molecule has 0 spiro atoms. The molecule has 1 heterocycles. The van der Waals surface area contributed by atoms with Crippen LogP contribution in [0.1, 0.15) is 15.2 Å². The zero-order chi connectivity index (χ0) is 15.2. The molecule has 1 N–H and O–H groups in total. The van der Waals surface area contributed by atoms with E-state index in [9.17, 15) is 9.59 Å². The van der Waals surface area contributed by atoms with E-state index in [1.54, 1.807) is 35.7 Å². The van der Waals surface area contributed by atoms with Gasteiger partial charge in [-0.05, 0) is 23.6 Å². The van der Waals surface area contributed by atoms with Gasteiger partial charge in [0.25, 0.3) is 5.91 Å². The van der Waals surface area contributed by atoms with Crippen LogP contribution < -0.4 is 5.32 Å². The Labute approximate surface area is 135 Å². The van der Waals surface area contributed by atoms with Crippen LogP contribution in [0.4, 0.5) is 0 Å². The smallest absolute Gasteiger partial charge is 0.325 e. The van der Waals surface area contributed by atoms with Crippen molar-refractivity contribution in [2.75, 3.05) is 6.54 Å². The van der Waals surface area contributed by atoms with Crippen molar-refractivity contribution in [3.63, 3.8) is 0 Å². The lowest BCUT2D eigenvalue weighted by Crippen LogP contribution is -2.30. The second-order valence-electron chi connectivity index (χ2n) is 4.02. The van der Waals surface area contributed by atoms with E-state index in [0.29, 0.717) is 20.5 Å². The number of halogens is 2. The number of nitrogens with one attached hydrogen (secondary N) is 1. The molecule has 0 saturated heterocycles. The minimum atomic E-state index is -0.559. The molecule has 2 rings (SSSR count). The van der Waals surface area contributed by atoms with Gasteiger partial charge in [-0.1, -0.05) is 35.3 Å². The summed E-state index contributed by atoms with van der Waals surface area (Å²) in [6.07, 6.45) is 0. The van der Waals surface area contributed by atoms with Gasteiger partial charge in [0.05, 0.1) is 4.88 Å². The highest BCUT2D eigenvalue weighted by molar-refractivity contribution is 7.12. The van der Waals surface area contributed by atoms with Gasteiger partial charge in [-0.15, -0.1) is 11.3 Å². The van der Waals surface area contributed by atoms with Crippen LogP contribution in [0.2, 0.25) is 10.0 Å². The van der Waals surface area contributed by atoms with E-state index < -0.39 is 5.97 Å². The molecule has 0 aliphatic carbocycles. The predicted molar refractivity (Wildman–Crippen MR) is 82.9 cm³/mol. The summed E-state index contributed by atoms with van der Waals surface area (Å²) in [4.78, 5) is 23.8. The molecule has 110 valence electrons. The van der Waals surface area contributed by atoms with Crippen molar-refractivity contribution in [2.45, 2.75) is 6.61 Å². The normalized spacial score (nSPS) is 10.2. The van der Waals surface area contributed by atoms with Crippen LogP contribution in [0, 0.1) is 0 Å². The first-order chi connectivity index (χ1) is 10.1. The first-order valence-corrected chi connectivity index (χ1v) is 7.61. The maximum atomic E-state index is 11.6. The summed E-state index contributed by atoms with van der Waals surface area (Å²) in [7, 11) is 0. The number of ether oxygens (including phenoxy) is 1. The molecule has 1 aromatic heterocycles. The van der Waals surface area contributed by atoms with Gasteiger partial charge >= 0.3 is 5.97 Å². The van der Waals surface area contributed by atoms with E-state index in [1.807, 2.05) is 0 Å². The Morgan fingerprint density at radius 3 is 2.48 bits per heavy atom. The number of hydrogen-bond donors (Lipinski definition) is 1. The third-order valence-electron chi connectivity index (χ3n) is 2.58. The lowest BCUT2D eigenvalue weighted by atomic mass is 10.2. The summed E-state index contributed by atoms with van der Waals surface area (Å²) < 4.78 is 5.04. The van der Waals surface area contributed by atoms with Crippen LogP contribution >= 0.6 is 34.5 Å². The Hall–Kier alpha value is -1.56. The Kier molecular flexibility index (Phi) is 5.61. The van der Waals surface area contributed by atoms with Gasteiger partial charge in [-0.3, -0.25) is 9.59 Å². The summed E-state index contributed by atoms with van der Waals surface area (Å²) in [5, 5.41) is 5.12. The van der Waals surface area contributed by atoms with E-state index in [0.717, 1.165) is 0 Å². The van der Waals surface area contributed by atoms with Crippen molar-refractivity contribution in [1.29, 1.82) is 0 Å². The maximum absolute atomic E-state index is 11.6. The molecule has 2 aromatic rings. The number of benzene rings is 1. The number of rotatable bonds is 5. The first kappa shape index (κ1) is 15.8. The third kappa shape index (κ3) is 4.46. The van der Waals surface area contributed by atoms with Crippen molar-refractivity contribution in [2.24, 2.45) is 0 Å². The number of esters is 1. The standard InChI is InChI=1S/C14H11Cl2NO3S/c15-10-3-1-4-11(16)9(10)8-20-13(18)7-17-14(19)12-5-2-6-21-12/h1-6H,7-8H2,(H,17,19). The molecule has 1 aromatic carbocycles. The van der Waals surface area contributed by atoms with Gasteiger partial charge in [-0.2, -0.15) is 0 Å². The van der Waals surface area contributed by atoms with Crippen LogP contribution in [0.3, 0.4) is 0 Å². The summed E-state index contributed by atoms with van der Waals surface area (Å²) >= 11 is 13.2. The molecular weight excluding hydrogens is 333 g/mol. The number of amides is 1. The molecule has 0 aliphatic heterocycles. The van der Waals surface area contributed by atoms with Gasteiger partial charge in [0.15, 0.2) is 0 Å². The number of hydrogen-bond acceptors (Lipinski definition) is 4. The van der Waals surface area contributed by atoms with E-state index in [1.165, 1.54) is 11.3 Å². The lowest BCUT2D eigenvalue weighted by Gasteiger charge is -2.08. The zero-order valence-electron chi connectivity index (χ0n) is 10.8. The van der Waals surface area contributed by atoms with E-state index >= 15 is 0 Å². The molecule has 21 heavy (non-hydrogen) atoms. The fourth-order valence-electron chi connectivity index (χ4n) is 1.52. The Morgan fingerprint density at radius 1 is 1.14 bits per heavy atom. The minimum Gasteiger partial charge on any atom is -0.459 e. The molecule has 0 saturated carbocycles. The van der Waals surface area contributed by atoms with Gasteiger partial charge in [-0.25, -0.2) is 0 Å². The number of carbonyl (C=O) groups excluding carboxylic acids is 2. The zero-order valence-corrected chi connectivity index (χ0v) is 13.1. The Balaban J connectivity index is 1.81. The number of carbonyl (C=O) groups is 2. The average molecular weight is 344 g/mol. The topological polar surface area (TPSA) is 55.4 Å².